The summed E-state index contributed by atoms with van der Waals surface area (Å²) in [5.41, 5.74) is 1.75. The van der Waals surface area contributed by atoms with Crippen LogP contribution in [-0.2, 0) is 9.59 Å². The Morgan fingerprint density at radius 3 is 2.52 bits per heavy atom. The minimum absolute atomic E-state index is 0.121. The van der Waals surface area contributed by atoms with E-state index in [1.807, 2.05) is 32.0 Å². The molecule has 0 bridgehead atoms. The molecule has 1 atom stereocenters. The third-order valence-corrected chi connectivity index (χ3v) is 3.95. The molecule has 1 aromatic carbocycles. The van der Waals surface area contributed by atoms with E-state index in [0.29, 0.717) is 12.2 Å². The number of hydrogen-bond acceptors (Lipinski definition) is 3. The maximum Gasteiger partial charge on any atom is 0.328 e. The number of anilines is 1. The molecule has 5 nitrogen and oxygen atoms in total. The lowest BCUT2D eigenvalue weighted by Gasteiger charge is -2.37. The molecule has 0 radical (unpaired) electrons. The number of benzene rings is 1. The standard InChI is InChI=1S/C18H23NO4/c1-11(2)13-6-5-7-14-18(13)23-15(12(3)4)10-19(14)16(20)8-9-17(21)22/h5-9,11-12,15H,10H2,1-4H3,(H,21,22). The predicted octanol–water partition coefficient (Wildman–Crippen LogP) is 3.20. The molecule has 1 unspecified atom stereocenters. The first-order valence-electron chi connectivity index (χ1n) is 7.83. The molecule has 23 heavy (non-hydrogen) atoms. The van der Waals surface area contributed by atoms with Crippen LogP contribution in [0.25, 0.3) is 0 Å². The van der Waals surface area contributed by atoms with Crippen LogP contribution >= 0.6 is 0 Å². The van der Waals surface area contributed by atoms with E-state index in [4.69, 9.17) is 9.84 Å². The summed E-state index contributed by atoms with van der Waals surface area (Å²) in [6.07, 6.45) is 1.84. The van der Waals surface area contributed by atoms with Crippen molar-refractivity contribution in [3.05, 3.63) is 35.9 Å². The lowest BCUT2D eigenvalue weighted by molar-refractivity contribution is -0.131. The van der Waals surface area contributed by atoms with E-state index >= 15 is 0 Å². The summed E-state index contributed by atoms with van der Waals surface area (Å²) in [6.45, 7) is 8.66. The van der Waals surface area contributed by atoms with Gasteiger partial charge in [-0.1, -0.05) is 39.8 Å². The van der Waals surface area contributed by atoms with Gasteiger partial charge in [0.15, 0.2) is 0 Å². The fraction of sp³-hybridized carbons (Fsp3) is 0.444. The van der Waals surface area contributed by atoms with Crippen LogP contribution in [0.3, 0.4) is 0 Å². The predicted molar refractivity (Wildman–Crippen MR) is 88.9 cm³/mol. The smallest absolute Gasteiger partial charge is 0.328 e. The van der Waals surface area contributed by atoms with E-state index in [2.05, 4.69) is 13.8 Å². The summed E-state index contributed by atoms with van der Waals surface area (Å²) < 4.78 is 6.16. The first-order valence-corrected chi connectivity index (χ1v) is 7.83. The number of fused-ring (bicyclic) bond motifs is 1. The highest BCUT2D eigenvalue weighted by Gasteiger charge is 2.32. The number of rotatable bonds is 4. The Bertz CT molecular complexity index is 634. The minimum atomic E-state index is -1.14. The highest BCUT2D eigenvalue weighted by molar-refractivity contribution is 6.05. The van der Waals surface area contributed by atoms with Crippen molar-refractivity contribution in [2.75, 3.05) is 11.4 Å². The molecule has 1 aliphatic heterocycles. The van der Waals surface area contributed by atoms with E-state index in [9.17, 15) is 9.59 Å². The van der Waals surface area contributed by atoms with Gasteiger partial charge in [-0.15, -0.1) is 0 Å². The second kappa shape index (κ2) is 6.86. The number of nitrogens with zero attached hydrogens (tertiary/aromatic N) is 1. The van der Waals surface area contributed by atoms with Crippen molar-refractivity contribution < 1.29 is 19.4 Å². The first-order chi connectivity index (χ1) is 10.8. The first kappa shape index (κ1) is 17.1. The number of aliphatic carboxylic acids is 1. The van der Waals surface area contributed by atoms with E-state index in [-0.39, 0.29) is 23.8 Å². The maximum atomic E-state index is 12.4. The van der Waals surface area contributed by atoms with Crippen LogP contribution in [0.1, 0.15) is 39.2 Å². The number of hydrogen-bond donors (Lipinski definition) is 1. The highest BCUT2D eigenvalue weighted by Crippen LogP contribution is 2.40. The number of carboxylic acids is 1. The second-order valence-corrected chi connectivity index (χ2v) is 6.37. The van der Waals surface area contributed by atoms with Crippen molar-refractivity contribution in [3.63, 3.8) is 0 Å². The molecule has 5 heteroatoms. The topological polar surface area (TPSA) is 66.8 Å². The normalized spacial score (nSPS) is 17.5. The molecule has 0 aliphatic carbocycles. The van der Waals surface area contributed by atoms with Gasteiger partial charge in [0.25, 0.3) is 5.91 Å². The van der Waals surface area contributed by atoms with Crippen molar-refractivity contribution in [2.24, 2.45) is 5.92 Å². The monoisotopic (exact) mass is 317 g/mol. The van der Waals surface area contributed by atoms with Gasteiger partial charge in [-0.2, -0.15) is 0 Å². The van der Waals surface area contributed by atoms with Crippen molar-refractivity contribution in [3.8, 4) is 5.75 Å². The summed E-state index contributed by atoms with van der Waals surface area (Å²) in [6, 6.07) is 5.74. The molecule has 1 heterocycles. The van der Waals surface area contributed by atoms with Crippen molar-refractivity contribution in [1.29, 1.82) is 0 Å². The SMILES string of the molecule is CC(C)c1cccc2c1OC(C(C)C)CN2C(=O)C=CC(=O)O. The minimum Gasteiger partial charge on any atom is -0.486 e. The fourth-order valence-electron chi connectivity index (χ4n) is 2.59. The number of carbonyl (C=O) groups is 2. The molecule has 0 saturated heterocycles. The van der Waals surface area contributed by atoms with Crippen LogP contribution in [0.5, 0.6) is 5.75 Å². The largest absolute Gasteiger partial charge is 0.486 e. The molecule has 0 fully saturated rings. The zero-order valence-electron chi connectivity index (χ0n) is 13.9. The lowest BCUT2D eigenvalue weighted by atomic mass is 9.97. The number of carbonyl (C=O) groups excluding carboxylic acids is 1. The van der Waals surface area contributed by atoms with Crippen LogP contribution < -0.4 is 9.64 Å². The average molecular weight is 317 g/mol. The van der Waals surface area contributed by atoms with Crippen molar-refractivity contribution in [1.82, 2.24) is 0 Å². The molecule has 1 aromatic rings. The zero-order valence-corrected chi connectivity index (χ0v) is 13.9. The molecule has 0 spiro atoms. The summed E-state index contributed by atoms with van der Waals surface area (Å²) in [4.78, 5) is 24.7. The molecular weight excluding hydrogens is 294 g/mol. The Kier molecular flexibility index (Phi) is 5.08. The van der Waals surface area contributed by atoms with Gasteiger partial charge < -0.3 is 14.7 Å². The molecule has 1 N–H and O–H groups in total. The van der Waals surface area contributed by atoms with Crippen LogP contribution in [0.15, 0.2) is 30.4 Å². The highest BCUT2D eigenvalue weighted by atomic mass is 16.5. The van der Waals surface area contributed by atoms with Crippen molar-refractivity contribution >= 4 is 17.6 Å². The lowest BCUT2D eigenvalue weighted by Crippen LogP contribution is -2.45. The van der Waals surface area contributed by atoms with Gasteiger partial charge in [-0.05, 0) is 23.5 Å². The van der Waals surface area contributed by atoms with Gasteiger partial charge in [0, 0.05) is 12.2 Å². The molecule has 0 aromatic heterocycles. The second-order valence-electron chi connectivity index (χ2n) is 6.37. The molecule has 2 rings (SSSR count). The Balaban J connectivity index is 2.46. The van der Waals surface area contributed by atoms with Gasteiger partial charge in [0.2, 0.25) is 0 Å². The van der Waals surface area contributed by atoms with Crippen LogP contribution in [0.4, 0.5) is 5.69 Å². The van der Waals surface area contributed by atoms with Gasteiger partial charge in [-0.25, -0.2) is 4.79 Å². The molecule has 1 amide bonds. The summed E-state index contributed by atoms with van der Waals surface area (Å²) in [5.74, 6) is -0.249. The number of carboxylic acid groups (broad SMARTS) is 1. The van der Waals surface area contributed by atoms with Gasteiger partial charge in [-0.3, -0.25) is 4.79 Å². The van der Waals surface area contributed by atoms with Gasteiger partial charge in [0.1, 0.15) is 11.9 Å². The van der Waals surface area contributed by atoms with Crippen LogP contribution in [-0.4, -0.2) is 29.6 Å². The molecular formula is C18H23NO4. The van der Waals surface area contributed by atoms with Crippen molar-refractivity contribution in [2.45, 2.75) is 39.7 Å². The van der Waals surface area contributed by atoms with Gasteiger partial charge >= 0.3 is 5.97 Å². The van der Waals surface area contributed by atoms with Crippen LogP contribution in [0, 0.1) is 5.92 Å². The summed E-state index contributed by atoms with van der Waals surface area (Å²) in [7, 11) is 0. The average Bonchev–Trinajstić information content (AvgIpc) is 2.50. The third-order valence-electron chi connectivity index (χ3n) is 3.95. The quantitative estimate of drug-likeness (QED) is 0.866. The summed E-state index contributed by atoms with van der Waals surface area (Å²) >= 11 is 0. The molecule has 124 valence electrons. The number of para-hydroxylation sites is 1. The number of ether oxygens (including phenoxy) is 1. The maximum absolute atomic E-state index is 12.4. The Hall–Kier alpha value is -2.30. The number of amides is 1. The van der Waals surface area contributed by atoms with E-state index in [1.165, 1.54) is 0 Å². The Morgan fingerprint density at radius 1 is 1.26 bits per heavy atom. The third kappa shape index (κ3) is 3.73. The van der Waals surface area contributed by atoms with Gasteiger partial charge in [0.05, 0.1) is 12.2 Å². The molecule has 1 aliphatic rings. The van der Waals surface area contributed by atoms with E-state index in [1.54, 1.807) is 4.90 Å². The Morgan fingerprint density at radius 2 is 1.96 bits per heavy atom. The fourth-order valence-corrected chi connectivity index (χ4v) is 2.59. The zero-order chi connectivity index (χ0) is 17.1. The molecule has 0 saturated carbocycles. The van der Waals surface area contributed by atoms with E-state index in [0.717, 1.165) is 23.5 Å². The summed E-state index contributed by atoms with van der Waals surface area (Å²) in [5, 5.41) is 8.73. The Labute approximate surface area is 136 Å². The van der Waals surface area contributed by atoms with Crippen LogP contribution in [0.2, 0.25) is 0 Å². The van der Waals surface area contributed by atoms with E-state index < -0.39 is 5.97 Å².